The number of hydrogen-bond donors (Lipinski definition) is 1. The smallest absolute Gasteiger partial charge is 0.254 e. The third-order valence-electron chi connectivity index (χ3n) is 3.15. The first-order chi connectivity index (χ1) is 8.08. The van der Waals surface area contributed by atoms with Crippen LogP contribution in [-0.2, 0) is 0 Å². The number of carbonyl (C=O) groups is 1. The molecule has 1 aromatic carbocycles. The van der Waals surface area contributed by atoms with E-state index >= 15 is 0 Å². The summed E-state index contributed by atoms with van der Waals surface area (Å²) in [6.45, 7) is 4.72. The molecular weight excluding hydrogens is 217 g/mol. The molecule has 2 nitrogen and oxygen atoms in total. The Labute approximate surface area is 101 Å². The number of halogens is 1. The van der Waals surface area contributed by atoms with Crippen molar-refractivity contribution in [2.24, 2.45) is 5.92 Å². The normalized spacial score (nSPS) is 15.1. The SMILES string of the molecule is CC(C)c1ccc(F)c(C(=O)NCC2CC2)c1. The maximum atomic E-state index is 13.6. The molecule has 0 bridgehead atoms. The summed E-state index contributed by atoms with van der Waals surface area (Å²) < 4.78 is 13.6. The van der Waals surface area contributed by atoms with Gasteiger partial charge in [-0.15, -0.1) is 0 Å². The molecule has 1 N–H and O–H groups in total. The lowest BCUT2D eigenvalue weighted by molar-refractivity contribution is 0.0947. The monoisotopic (exact) mass is 235 g/mol. The van der Waals surface area contributed by atoms with E-state index < -0.39 is 5.82 Å². The predicted octanol–water partition coefficient (Wildman–Crippen LogP) is 3.09. The van der Waals surface area contributed by atoms with Crippen molar-refractivity contribution in [3.05, 3.63) is 35.1 Å². The second kappa shape index (κ2) is 4.86. The highest BCUT2D eigenvalue weighted by Crippen LogP contribution is 2.27. The first-order valence-electron chi connectivity index (χ1n) is 6.15. The van der Waals surface area contributed by atoms with Gasteiger partial charge in [0.05, 0.1) is 5.56 Å². The Kier molecular flexibility index (Phi) is 3.46. The highest BCUT2D eigenvalue weighted by molar-refractivity contribution is 5.94. The average Bonchev–Trinajstić information content (AvgIpc) is 3.10. The second-order valence-electron chi connectivity index (χ2n) is 5.05. The predicted molar refractivity (Wildman–Crippen MR) is 65.5 cm³/mol. The fraction of sp³-hybridized carbons (Fsp3) is 0.500. The van der Waals surface area contributed by atoms with Gasteiger partial charge in [0.15, 0.2) is 0 Å². The van der Waals surface area contributed by atoms with Crippen LogP contribution in [0, 0.1) is 11.7 Å². The van der Waals surface area contributed by atoms with Crippen molar-refractivity contribution in [3.63, 3.8) is 0 Å². The fourth-order valence-electron chi connectivity index (χ4n) is 1.73. The summed E-state index contributed by atoms with van der Waals surface area (Å²) in [5.74, 6) is 0.167. The van der Waals surface area contributed by atoms with Crippen LogP contribution in [-0.4, -0.2) is 12.5 Å². The van der Waals surface area contributed by atoms with E-state index in [1.54, 1.807) is 12.1 Å². The summed E-state index contributed by atoms with van der Waals surface area (Å²) in [7, 11) is 0. The Morgan fingerprint density at radius 1 is 1.47 bits per heavy atom. The van der Waals surface area contributed by atoms with Crippen LogP contribution in [0.2, 0.25) is 0 Å². The lowest BCUT2D eigenvalue weighted by Gasteiger charge is -2.09. The molecule has 2 rings (SSSR count). The standard InChI is InChI=1S/C14H18FNO/c1-9(2)11-5-6-13(15)12(7-11)14(17)16-8-10-3-4-10/h5-7,9-10H,3-4,8H2,1-2H3,(H,16,17). The van der Waals surface area contributed by atoms with Gasteiger partial charge in [-0.3, -0.25) is 4.79 Å². The quantitative estimate of drug-likeness (QED) is 0.853. The van der Waals surface area contributed by atoms with E-state index in [4.69, 9.17) is 0 Å². The molecule has 0 spiro atoms. The Morgan fingerprint density at radius 2 is 2.18 bits per heavy atom. The number of benzene rings is 1. The summed E-state index contributed by atoms with van der Waals surface area (Å²) in [4.78, 5) is 11.8. The van der Waals surface area contributed by atoms with Crippen LogP contribution in [0.3, 0.4) is 0 Å². The lowest BCUT2D eigenvalue weighted by Crippen LogP contribution is -2.26. The zero-order valence-corrected chi connectivity index (χ0v) is 10.3. The maximum absolute atomic E-state index is 13.6. The summed E-state index contributed by atoms with van der Waals surface area (Å²) >= 11 is 0. The van der Waals surface area contributed by atoms with Crippen LogP contribution in [0.25, 0.3) is 0 Å². The molecule has 92 valence electrons. The largest absolute Gasteiger partial charge is 0.352 e. The van der Waals surface area contributed by atoms with Crippen LogP contribution in [0.1, 0.15) is 48.5 Å². The molecule has 0 radical (unpaired) electrons. The Bertz CT molecular complexity index is 424. The molecule has 0 atom stereocenters. The van der Waals surface area contributed by atoms with Gasteiger partial charge in [0, 0.05) is 6.54 Å². The van der Waals surface area contributed by atoms with E-state index in [0.29, 0.717) is 18.4 Å². The number of nitrogens with one attached hydrogen (secondary N) is 1. The number of carbonyl (C=O) groups excluding carboxylic acids is 1. The molecule has 0 unspecified atom stereocenters. The van der Waals surface area contributed by atoms with E-state index in [1.807, 2.05) is 13.8 Å². The Hall–Kier alpha value is -1.38. The van der Waals surface area contributed by atoms with Crippen molar-refractivity contribution in [1.82, 2.24) is 5.32 Å². The molecular formula is C14H18FNO. The van der Waals surface area contributed by atoms with Crippen molar-refractivity contribution in [1.29, 1.82) is 0 Å². The van der Waals surface area contributed by atoms with E-state index in [1.165, 1.54) is 18.9 Å². The molecule has 0 aromatic heterocycles. The fourth-order valence-corrected chi connectivity index (χ4v) is 1.73. The maximum Gasteiger partial charge on any atom is 0.254 e. The minimum atomic E-state index is -0.442. The zero-order chi connectivity index (χ0) is 12.4. The third kappa shape index (κ3) is 3.05. The lowest BCUT2D eigenvalue weighted by atomic mass is 10.0. The minimum Gasteiger partial charge on any atom is -0.352 e. The second-order valence-corrected chi connectivity index (χ2v) is 5.05. The molecule has 1 aliphatic rings. The van der Waals surface area contributed by atoms with Crippen LogP contribution < -0.4 is 5.32 Å². The van der Waals surface area contributed by atoms with Gasteiger partial charge in [0.2, 0.25) is 0 Å². The van der Waals surface area contributed by atoms with Crippen molar-refractivity contribution in [2.75, 3.05) is 6.54 Å². The molecule has 1 aromatic rings. The van der Waals surface area contributed by atoms with Crippen molar-refractivity contribution in [2.45, 2.75) is 32.6 Å². The van der Waals surface area contributed by atoms with Gasteiger partial charge in [0.25, 0.3) is 5.91 Å². The minimum absolute atomic E-state index is 0.164. The summed E-state index contributed by atoms with van der Waals surface area (Å²) in [6.07, 6.45) is 2.35. The highest BCUT2D eigenvalue weighted by Gasteiger charge is 2.22. The number of amides is 1. The van der Waals surface area contributed by atoms with Crippen molar-refractivity contribution >= 4 is 5.91 Å². The van der Waals surface area contributed by atoms with E-state index in [2.05, 4.69) is 5.32 Å². The highest BCUT2D eigenvalue weighted by atomic mass is 19.1. The van der Waals surface area contributed by atoms with Gasteiger partial charge in [0.1, 0.15) is 5.82 Å². The van der Waals surface area contributed by atoms with Crippen LogP contribution >= 0.6 is 0 Å². The van der Waals surface area contributed by atoms with E-state index in [9.17, 15) is 9.18 Å². The number of hydrogen-bond acceptors (Lipinski definition) is 1. The van der Waals surface area contributed by atoms with Crippen LogP contribution in [0.5, 0.6) is 0 Å². The molecule has 0 heterocycles. The molecule has 17 heavy (non-hydrogen) atoms. The van der Waals surface area contributed by atoms with E-state index in [0.717, 1.165) is 5.56 Å². The third-order valence-corrected chi connectivity index (χ3v) is 3.15. The summed E-state index contributed by atoms with van der Waals surface area (Å²) in [6, 6.07) is 4.77. The molecule has 0 aliphatic heterocycles. The first kappa shape index (κ1) is 12.1. The summed E-state index contributed by atoms with van der Waals surface area (Å²) in [5.41, 5.74) is 1.15. The Morgan fingerprint density at radius 3 is 2.76 bits per heavy atom. The molecule has 1 amide bonds. The molecule has 3 heteroatoms. The summed E-state index contributed by atoms with van der Waals surface area (Å²) in [5, 5.41) is 2.79. The molecule has 1 aliphatic carbocycles. The van der Waals surface area contributed by atoms with Gasteiger partial charge in [-0.05, 0) is 42.4 Å². The average molecular weight is 235 g/mol. The first-order valence-corrected chi connectivity index (χ1v) is 6.15. The van der Waals surface area contributed by atoms with Gasteiger partial charge in [-0.2, -0.15) is 0 Å². The topological polar surface area (TPSA) is 29.1 Å². The van der Waals surface area contributed by atoms with Gasteiger partial charge < -0.3 is 5.32 Å². The molecule has 0 saturated heterocycles. The van der Waals surface area contributed by atoms with Gasteiger partial charge in [-0.25, -0.2) is 4.39 Å². The van der Waals surface area contributed by atoms with Crippen molar-refractivity contribution < 1.29 is 9.18 Å². The molecule has 1 fully saturated rings. The van der Waals surface area contributed by atoms with Gasteiger partial charge >= 0.3 is 0 Å². The van der Waals surface area contributed by atoms with Crippen LogP contribution in [0.15, 0.2) is 18.2 Å². The number of rotatable bonds is 4. The van der Waals surface area contributed by atoms with E-state index in [-0.39, 0.29) is 11.5 Å². The Balaban J connectivity index is 2.11. The zero-order valence-electron chi connectivity index (χ0n) is 10.3. The van der Waals surface area contributed by atoms with Crippen LogP contribution in [0.4, 0.5) is 4.39 Å². The molecule has 1 saturated carbocycles. The van der Waals surface area contributed by atoms with Gasteiger partial charge in [-0.1, -0.05) is 19.9 Å². The van der Waals surface area contributed by atoms with Crippen molar-refractivity contribution in [3.8, 4) is 0 Å².